The first-order chi connectivity index (χ1) is 9.22. The number of nitrogen functional groups attached to an aromatic ring is 1. The number of fused-ring (bicyclic) bond motifs is 1. The summed E-state index contributed by atoms with van der Waals surface area (Å²) in [6.45, 7) is 3.09. The molecule has 5 heteroatoms. The van der Waals surface area contributed by atoms with Crippen LogP contribution in [0.5, 0.6) is 0 Å². The minimum absolute atomic E-state index is 0.362. The SMILES string of the molecule is Cc1cc2c(NCC3CCCCC3)nc(N)nc2s1. The molecule has 0 spiro atoms. The number of nitrogens with two attached hydrogens (primary N) is 1. The first-order valence-electron chi connectivity index (χ1n) is 7.00. The van der Waals surface area contributed by atoms with E-state index < -0.39 is 0 Å². The van der Waals surface area contributed by atoms with E-state index in [4.69, 9.17) is 5.73 Å². The maximum Gasteiger partial charge on any atom is 0.223 e. The molecule has 1 fully saturated rings. The van der Waals surface area contributed by atoms with Crippen LogP contribution in [0.2, 0.25) is 0 Å². The Hall–Kier alpha value is -1.36. The van der Waals surface area contributed by atoms with Crippen LogP contribution in [0.4, 0.5) is 11.8 Å². The minimum Gasteiger partial charge on any atom is -0.369 e. The molecule has 19 heavy (non-hydrogen) atoms. The minimum atomic E-state index is 0.362. The summed E-state index contributed by atoms with van der Waals surface area (Å²) in [5.74, 6) is 2.04. The summed E-state index contributed by atoms with van der Waals surface area (Å²) in [5.41, 5.74) is 5.79. The standard InChI is InChI=1S/C14H20N4S/c1-9-7-11-12(17-14(15)18-13(11)19-9)16-8-10-5-3-2-4-6-10/h7,10H,2-6,8H2,1H3,(H3,15,16,17,18). The summed E-state index contributed by atoms with van der Waals surface area (Å²) in [6.07, 6.45) is 6.79. The molecule has 4 nitrogen and oxygen atoms in total. The molecule has 2 aromatic rings. The largest absolute Gasteiger partial charge is 0.369 e. The van der Waals surface area contributed by atoms with E-state index in [1.807, 2.05) is 0 Å². The first kappa shape index (κ1) is 12.7. The van der Waals surface area contributed by atoms with Crippen molar-refractivity contribution in [2.45, 2.75) is 39.0 Å². The molecule has 1 aliphatic carbocycles. The van der Waals surface area contributed by atoms with Crippen molar-refractivity contribution >= 4 is 33.3 Å². The van der Waals surface area contributed by atoms with Crippen molar-refractivity contribution in [2.75, 3.05) is 17.6 Å². The number of aromatic nitrogens is 2. The number of nitrogens with one attached hydrogen (secondary N) is 1. The Kier molecular flexibility index (Phi) is 3.55. The van der Waals surface area contributed by atoms with Gasteiger partial charge >= 0.3 is 0 Å². The molecule has 3 rings (SSSR count). The van der Waals surface area contributed by atoms with Crippen LogP contribution < -0.4 is 11.1 Å². The van der Waals surface area contributed by atoms with E-state index in [9.17, 15) is 0 Å². The van der Waals surface area contributed by atoms with Crippen molar-refractivity contribution in [3.05, 3.63) is 10.9 Å². The lowest BCUT2D eigenvalue weighted by Gasteiger charge is -2.22. The molecule has 1 aliphatic rings. The highest BCUT2D eigenvalue weighted by molar-refractivity contribution is 7.18. The number of thiophene rings is 1. The Labute approximate surface area is 117 Å². The van der Waals surface area contributed by atoms with Crippen molar-refractivity contribution in [3.8, 4) is 0 Å². The zero-order chi connectivity index (χ0) is 13.2. The van der Waals surface area contributed by atoms with E-state index in [1.165, 1.54) is 37.0 Å². The highest BCUT2D eigenvalue weighted by Gasteiger charge is 2.15. The molecule has 0 atom stereocenters. The number of hydrogen-bond donors (Lipinski definition) is 2. The molecule has 2 aromatic heterocycles. The van der Waals surface area contributed by atoms with Gasteiger partial charge in [0.2, 0.25) is 5.95 Å². The van der Waals surface area contributed by atoms with Crippen LogP contribution in [0.1, 0.15) is 37.0 Å². The lowest BCUT2D eigenvalue weighted by atomic mass is 9.89. The molecular formula is C14H20N4S. The predicted molar refractivity (Wildman–Crippen MR) is 81.6 cm³/mol. The van der Waals surface area contributed by atoms with Crippen LogP contribution in [-0.2, 0) is 0 Å². The molecule has 2 heterocycles. The van der Waals surface area contributed by atoms with Gasteiger partial charge in [0.1, 0.15) is 10.6 Å². The molecule has 0 amide bonds. The van der Waals surface area contributed by atoms with E-state index in [1.54, 1.807) is 11.3 Å². The normalized spacial score (nSPS) is 16.9. The van der Waals surface area contributed by atoms with E-state index >= 15 is 0 Å². The second kappa shape index (κ2) is 5.33. The van der Waals surface area contributed by atoms with Crippen LogP contribution >= 0.6 is 11.3 Å². The van der Waals surface area contributed by atoms with Crippen molar-refractivity contribution in [2.24, 2.45) is 5.92 Å². The zero-order valence-electron chi connectivity index (χ0n) is 11.3. The van der Waals surface area contributed by atoms with Gasteiger partial charge in [0, 0.05) is 11.4 Å². The molecule has 0 aromatic carbocycles. The average Bonchev–Trinajstić information content (AvgIpc) is 2.77. The number of rotatable bonds is 3. The number of nitrogens with zero attached hydrogens (tertiary/aromatic N) is 2. The first-order valence-corrected chi connectivity index (χ1v) is 7.81. The van der Waals surface area contributed by atoms with E-state index in [0.717, 1.165) is 28.5 Å². The van der Waals surface area contributed by atoms with Gasteiger partial charge in [-0.15, -0.1) is 11.3 Å². The quantitative estimate of drug-likeness (QED) is 0.899. The van der Waals surface area contributed by atoms with Crippen LogP contribution in [0.3, 0.4) is 0 Å². The van der Waals surface area contributed by atoms with Gasteiger partial charge in [-0.1, -0.05) is 19.3 Å². The Morgan fingerprint density at radius 2 is 2.11 bits per heavy atom. The van der Waals surface area contributed by atoms with E-state index in [2.05, 4.69) is 28.3 Å². The Morgan fingerprint density at radius 3 is 2.89 bits per heavy atom. The maximum atomic E-state index is 5.79. The Bertz CT molecular complexity index is 572. The molecule has 0 bridgehead atoms. The monoisotopic (exact) mass is 276 g/mol. The number of aryl methyl sites for hydroxylation is 1. The van der Waals surface area contributed by atoms with Gasteiger partial charge in [-0.25, -0.2) is 4.98 Å². The molecule has 102 valence electrons. The molecule has 0 saturated heterocycles. The molecule has 0 unspecified atom stereocenters. The second-order valence-electron chi connectivity index (χ2n) is 5.39. The van der Waals surface area contributed by atoms with Crippen LogP contribution in [0, 0.1) is 12.8 Å². The summed E-state index contributed by atoms with van der Waals surface area (Å²) in [7, 11) is 0. The topological polar surface area (TPSA) is 63.8 Å². The average molecular weight is 276 g/mol. The van der Waals surface area contributed by atoms with E-state index in [0.29, 0.717) is 5.95 Å². The van der Waals surface area contributed by atoms with Gasteiger partial charge in [-0.3, -0.25) is 0 Å². The third kappa shape index (κ3) is 2.81. The number of anilines is 2. The van der Waals surface area contributed by atoms with Crippen molar-refractivity contribution in [1.29, 1.82) is 0 Å². The van der Waals surface area contributed by atoms with Gasteiger partial charge in [-0.2, -0.15) is 4.98 Å². The van der Waals surface area contributed by atoms with Crippen molar-refractivity contribution in [1.82, 2.24) is 9.97 Å². The van der Waals surface area contributed by atoms with Gasteiger partial charge < -0.3 is 11.1 Å². The lowest BCUT2D eigenvalue weighted by molar-refractivity contribution is 0.373. The lowest BCUT2D eigenvalue weighted by Crippen LogP contribution is -2.18. The summed E-state index contributed by atoms with van der Waals surface area (Å²) in [4.78, 5) is 10.9. The van der Waals surface area contributed by atoms with Crippen LogP contribution in [0.25, 0.3) is 10.2 Å². The molecule has 0 aliphatic heterocycles. The molecule has 1 saturated carbocycles. The fraction of sp³-hybridized carbons (Fsp3) is 0.571. The third-order valence-corrected chi connectivity index (χ3v) is 4.76. The summed E-state index contributed by atoms with van der Waals surface area (Å²) in [6, 6.07) is 2.14. The Balaban J connectivity index is 1.79. The van der Waals surface area contributed by atoms with Gasteiger partial charge in [0.25, 0.3) is 0 Å². The second-order valence-corrected chi connectivity index (χ2v) is 6.63. The van der Waals surface area contributed by atoms with Gasteiger partial charge in [0.05, 0.1) is 5.39 Å². The predicted octanol–water partition coefficient (Wildman–Crippen LogP) is 3.57. The fourth-order valence-corrected chi connectivity index (χ4v) is 3.71. The third-order valence-electron chi connectivity index (χ3n) is 3.82. The Morgan fingerprint density at radius 1 is 1.32 bits per heavy atom. The summed E-state index contributed by atoms with van der Waals surface area (Å²) < 4.78 is 0. The summed E-state index contributed by atoms with van der Waals surface area (Å²) >= 11 is 1.67. The van der Waals surface area contributed by atoms with Crippen molar-refractivity contribution in [3.63, 3.8) is 0 Å². The van der Waals surface area contributed by atoms with Gasteiger partial charge in [-0.05, 0) is 31.7 Å². The highest BCUT2D eigenvalue weighted by atomic mass is 32.1. The van der Waals surface area contributed by atoms with Crippen LogP contribution in [-0.4, -0.2) is 16.5 Å². The van der Waals surface area contributed by atoms with E-state index in [-0.39, 0.29) is 0 Å². The number of hydrogen-bond acceptors (Lipinski definition) is 5. The molecular weight excluding hydrogens is 256 g/mol. The molecule has 3 N–H and O–H groups in total. The smallest absolute Gasteiger partial charge is 0.223 e. The van der Waals surface area contributed by atoms with Crippen molar-refractivity contribution < 1.29 is 0 Å². The van der Waals surface area contributed by atoms with Gasteiger partial charge in [0.15, 0.2) is 0 Å². The maximum absolute atomic E-state index is 5.79. The zero-order valence-corrected chi connectivity index (χ0v) is 12.1. The molecule has 0 radical (unpaired) electrons. The van der Waals surface area contributed by atoms with Crippen LogP contribution in [0.15, 0.2) is 6.07 Å². The highest BCUT2D eigenvalue weighted by Crippen LogP contribution is 2.30. The fourth-order valence-electron chi connectivity index (χ4n) is 2.83. The summed E-state index contributed by atoms with van der Waals surface area (Å²) in [5, 5.41) is 4.59.